The van der Waals surface area contributed by atoms with Crippen LogP contribution in [0.25, 0.3) is 0 Å². The number of carbonyl (C=O) groups is 1. The summed E-state index contributed by atoms with van der Waals surface area (Å²) in [5.74, 6) is 0.438. The number of aromatic nitrogens is 3. The Labute approximate surface area is 171 Å². The van der Waals surface area contributed by atoms with E-state index in [0.717, 1.165) is 5.56 Å². The second-order valence-corrected chi connectivity index (χ2v) is 6.35. The van der Waals surface area contributed by atoms with Gasteiger partial charge in [0.25, 0.3) is 5.91 Å². The summed E-state index contributed by atoms with van der Waals surface area (Å²) in [5, 5.41) is 6.92. The van der Waals surface area contributed by atoms with Gasteiger partial charge >= 0.3 is 0 Å². The molecule has 3 aromatic rings. The second kappa shape index (κ2) is 10.2. The molecule has 9 heteroatoms. The number of aryl methyl sites for hydroxylation is 1. The molecule has 0 atom stereocenters. The Bertz CT molecular complexity index is 998. The minimum absolute atomic E-state index is 0.275. The largest absolute Gasteiger partial charge is 0.356 e. The van der Waals surface area contributed by atoms with Crippen molar-refractivity contribution in [2.75, 3.05) is 5.32 Å². The standard InChI is InChI=1S/C20H17ClFN5O2/c21-17-13-23-7-5-18(17)29-26-6-1-2-14-3-4-19(25-11-14)27-20(28)16-8-15(9-22)10-24-12-16/h3-8,10-13H,1-2,9H2,(H,25,27,28)/b26-6+. The van der Waals surface area contributed by atoms with Gasteiger partial charge in [-0.15, -0.1) is 0 Å². The Balaban J connectivity index is 1.48. The lowest BCUT2D eigenvalue weighted by molar-refractivity contribution is 0.102. The van der Waals surface area contributed by atoms with Crippen molar-refractivity contribution >= 4 is 29.5 Å². The average Bonchev–Trinajstić information content (AvgIpc) is 2.76. The lowest BCUT2D eigenvalue weighted by Gasteiger charge is -2.06. The summed E-state index contributed by atoms with van der Waals surface area (Å²) < 4.78 is 12.7. The number of rotatable bonds is 8. The van der Waals surface area contributed by atoms with Crippen LogP contribution in [-0.4, -0.2) is 27.1 Å². The van der Waals surface area contributed by atoms with Crippen LogP contribution < -0.4 is 10.2 Å². The monoisotopic (exact) mass is 413 g/mol. The highest BCUT2D eigenvalue weighted by atomic mass is 35.5. The second-order valence-electron chi connectivity index (χ2n) is 5.95. The smallest absolute Gasteiger partial charge is 0.258 e. The number of halogens is 2. The molecule has 3 heterocycles. The van der Waals surface area contributed by atoms with Crippen LogP contribution >= 0.6 is 11.6 Å². The zero-order chi connectivity index (χ0) is 20.5. The van der Waals surface area contributed by atoms with Crippen LogP contribution in [0.3, 0.4) is 0 Å². The van der Waals surface area contributed by atoms with Crippen LogP contribution in [0, 0.1) is 0 Å². The fraction of sp³-hybridized carbons (Fsp3) is 0.150. The highest BCUT2D eigenvalue weighted by Crippen LogP contribution is 2.21. The van der Waals surface area contributed by atoms with Crippen molar-refractivity contribution in [2.24, 2.45) is 5.16 Å². The van der Waals surface area contributed by atoms with E-state index in [0.29, 0.717) is 35.0 Å². The quantitative estimate of drug-likeness (QED) is 0.440. The van der Waals surface area contributed by atoms with Gasteiger partial charge in [0.05, 0.1) is 5.56 Å². The molecule has 148 valence electrons. The first-order valence-electron chi connectivity index (χ1n) is 8.70. The molecule has 3 rings (SSSR count). The summed E-state index contributed by atoms with van der Waals surface area (Å²) in [6, 6.07) is 6.63. The van der Waals surface area contributed by atoms with Gasteiger partial charge in [0.2, 0.25) is 0 Å². The predicted molar refractivity (Wildman–Crippen MR) is 108 cm³/mol. The maximum Gasteiger partial charge on any atom is 0.258 e. The fourth-order valence-corrected chi connectivity index (χ4v) is 2.49. The molecule has 1 N–H and O–H groups in total. The Hall–Kier alpha value is -3.39. The number of alkyl halides is 1. The van der Waals surface area contributed by atoms with E-state index in [1.807, 2.05) is 6.07 Å². The Kier molecular flexibility index (Phi) is 7.18. The summed E-state index contributed by atoms with van der Waals surface area (Å²) in [6.07, 6.45) is 10.4. The van der Waals surface area contributed by atoms with Crippen molar-refractivity contribution in [1.82, 2.24) is 15.0 Å². The lowest BCUT2D eigenvalue weighted by Crippen LogP contribution is -2.13. The molecule has 0 spiro atoms. The first-order valence-corrected chi connectivity index (χ1v) is 9.08. The van der Waals surface area contributed by atoms with Crippen molar-refractivity contribution in [3.8, 4) is 5.75 Å². The summed E-state index contributed by atoms with van der Waals surface area (Å²) in [4.78, 5) is 29.3. The average molecular weight is 414 g/mol. The predicted octanol–water partition coefficient (Wildman–Crippen LogP) is 4.24. The summed E-state index contributed by atoms with van der Waals surface area (Å²) in [6.45, 7) is -0.676. The highest BCUT2D eigenvalue weighted by molar-refractivity contribution is 6.31. The van der Waals surface area contributed by atoms with Gasteiger partial charge in [0.15, 0.2) is 5.75 Å². The number of hydrogen-bond acceptors (Lipinski definition) is 6. The fourth-order valence-electron chi connectivity index (χ4n) is 2.33. The minimum atomic E-state index is -0.676. The molecule has 29 heavy (non-hydrogen) atoms. The molecule has 1 amide bonds. The number of pyridine rings is 3. The van der Waals surface area contributed by atoms with Crippen molar-refractivity contribution < 1.29 is 14.0 Å². The zero-order valence-electron chi connectivity index (χ0n) is 15.3. The van der Waals surface area contributed by atoms with E-state index < -0.39 is 12.6 Å². The molecule has 0 bridgehead atoms. The van der Waals surface area contributed by atoms with Crippen molar-refractivity contribution in [2.45, 2.75) is 19.5 Å². The molecule has 0 aromatic carbocycles. The lowest BCUT2D eigenvalue weighted by atomic mass is 10.1. The van der Waals surface area contributed by atoms with Crippen molar-refractivity contribution in [1.29, 1.82) is 0 Å². The van der Waals surface area contributed by atoms with Crippen LogP contribution in [0.4, 0.5) is 10.2 Å². The van der Waals surface area contributed by atoms with E-state index in [1.54, 1.807) is 30.7 Å². The van der Waals surface area contributed by atoms with Crippen LogP contribution in [0.5, 0.6) is 5.75 Å². The molecule has 0 aliphatic rings. The van der Waals surface area contributed by atoms with Crippen LogP contribution in [0.15, 0.2) is 60.4 Å². The molecule has 3 aromatic heterocycles. The highest BCUT2D eigenvalue weighted by Gasteiger charge is 2.08. The van der Waals surface area contributed by atoms with E-state index in [1.165, 1.54) is 24.7 Å². The van der Waals surface area contributed by atoms with Gasteiger partial charge in [0.1, 0.15) is 17.5 Å². The van der Waals surface area contributed by atoms with Gasteiger partial charge in [-0.1, -0.05) is 22.8 Å². The number of amides is 1. The normalized spacial score (nSPS) is 10.8. The van der Waals surface area contributed by atoms with Gasteiger partial charge in [-0.25, -0.2) is 9.37 Å². The molecule has 0 saturated carbocycles. The molecule has 0 aliphatic carbocycles. The van der Waals surface area contributed by atoms with E-state index in [-0.39, 0.29) is 5.56 Å². The maximum absolute atomic E-state index is 12.7. The zero-order valence-corrected chi connectivity index (χ0v) is 16.0. The number of anilines is 1. The van der Waals surface area contributed by atoms with Gasteiger partial charge in [0, 0.05) is 48.8 Å². The summed E-state index contributed by atoms with van der Waals surface area (Å²) in [5.41, 5.74) is 1.59. The third-order valence-corrected chi connectivity index (χ3v) is 4.08. The third-order valence-electron chi connectivity index (χ3n) is 3.80. The Morgan fingerprint density at radius 2 is 2.07 bits per heavy atom. The number of nitrogens with one attached hydrogen (secondary N) is 1. The van der Waals surface area contributed by atoms with Gasteiger partial charge < -0.3 is 10.2 Å². The summed E-state index contributed by atoms with van der Waals surface area (Å²) in [7, 11) is 0. The number of hydrogen-bond donors (Lipinski definition) is 1. The van der Waals surface area contributed by atoms with E-state index in [4.69, 9.17) is 16.4 Å². The molecular weight excluding hydrogens is 397 g/mol. The van der Waals surface area contributed by atoms with Gasteiger partial charge in [-0.05, 0) is 30.5 Å². The molecule has 0 aliphatic heterocycles. The number of oxime groups is 1. The van der Waals surface area contributed by atoms with Crippen LogP contribution in [0.1, 0.15) is 27.9 Å². The van der Waals surface area contributed by atoms with Gasteiger partial charge in [-0.3, -0.25) is 14.8 Å². The number of carbonyl (C=O) groups excluding carboxylic acids is 1. The van der Waals surface area contributed by atoms with Gasteiger partial charge in [-0.2, -0.15) is 0 Å². The van der Waals surface area contributed by atoms with E-state index >= 15 is 0 Å². The maximum atomic E-state index is 12.7. The molecule has 7 nitrogen and oxygen atoms in total. The topological polar surface area (TPSA) is 89.4 Å². The Morgan fingerprint density at radius 3 is 2.83 bits per heavy atom. The molecular formula is C20H17ClFN5O2. The molecule has 0 radical (unpaired) electrons. The molecule has 0 saturated heterocycles. The number of nitrogens with zero attached hydrogens (tertiary/aromatic N) is 4. The minimum Gasteiger partial charge on any atom is -0.356 e. The van der Waals surface area contributed by atoms with E-state index in [2.05, 4.69) is 25.4 Å². The van der Waals surface area contributed by atoms with Crippen LogP contribution in [-0.2, 0) is 13.1 Å². The van der Waals surface area contributed by atoms with Crippen molar-refractivity contribution in [3.05, 3.63) is 77.0 Å². The van der Waals surface area contributed by atoms with Crippen LogP contribution in [0.2, 0.25) is 5.02 Å². The molecule has 0 fully saturated rings. The first kappa shape index (κ1) is 20.3. The van der Waals surface area contributed by atoms with Crippen molar-refractivity contribution in [3.63, 3.8) is 0 Å². The SMILES string of the molecule is O=C(Nc1ccc(CC/C=N/Oc2ccncc2Cl)cn1)c1cncc(CF)c1. The van der Waals surface area contributed by atoms with E-state index in [9.17, 15) is 9.18 Å². The third kappa shape index (κ3) is 6.05. The Morgan fingerprint density at radius 1 is 1.17 bits per heavy atom. The molecule has 0 unspecified atom stereocenters. The first-order chi connectivity index (χ1) is 14.2. The summed E-state index contributed by atoms with van der Waals surface area (Å²) >= 11 is 5.92.